The summed E-state index contributed by atoms with van der Waals surface area (Å²) >= 11 is 0. The first-order valence-corrected chi connectivity index (χ1v) is 7.76. The highest BCUT2D eigenvalue weighted by Gasteiger charge is 2.32. The molecule has 1 aliphatic heterocycles. The zero-order chi connectivity index (χ0) is 16.6. The SMILES string of the molecule is Cc1[nH]c2ccc(F)cc2c1CC(=O)N1CCCC[C@@H]1C(=O)O. The summed E-state index contributed by atoms with van der Waals surface area (Å²) in [6.45, 7) is 2.30. The van der Waals surface area contributed by atoms with Gasteiger partial charge in [0.1, 0.15) is 11.9 Å². The molecule has 0 unspecified atom stereocenters. The number of nitrogens with zero attached hydrogens (tertiary/aromatic N) is 1. The Labute approximate surface area is 133 Å². The fourth-order valence-corrected chi connectivity index (χ4v) is 3.32. The summed E-state index contributed by atoms with van der Waals surface area (Å²) in [5.41, 5.74) is 2.32. The topological polar surface area (TPSA) is 73.4 Å². The molecule has 1 fully saturated rings. The summed E-state index contributed by atoms with van der Waals surface area (Å²) in [7, 11) is 0. The van der Waals surface area contributed by atoms with Crippen LogP contribution < -0.4 is 0 Å². The summed E-state index contributed by atoms with van der Waals surface area (Å²) in [5, 5.41) is 9.98. The summed E-state index contributed by atoms with van der Waals surface area (Å²) < 4.78 is 13.5. The van der Waals surface area contributed by atoms with Crippen molar-refractivity contribution in [2.24, 2.45) is 0 Å². The molecule has 0 bridgehead atoms. The average molecular weight is 318 g/mol. The maximum atomic E-state index is 13.5. The normalized spacial score (nSPS) is 18.3. The minimum Gasteiger partial charge on any atom is -0.480 e. The molecule has 23 heavy (non-hydrogen) atoms. The number of carboxylic acid groups (broad SMARTS) is 1. The highest BCUT2D eigenvalue weighted by atomic mass is 19.1. The van der Waals surface area contributed by atoms with Crippen molar-refractivity contribution in [2.75, 3.05) is 6.54 Å². The van der Waals surface area contributed by atoms with E-state index in [0.29, 0.717) is 18.4 Å². The molecule has 122 valence electrons. The number of hydrogen-bond acceptors (Lipinski definition) is 2. The van der Waals surface area contributed by atoms with Gasteiger partial charge in [0.2, 0.25) is 5.91 Å². The van der Waals surface area contributed by atoms with Gasteiger partial charge in [-0.3, -0.25) is 4.79 Å². The molecule has 0 aliphatic carbocycles. The molecule has 2 N–H and O–H groups in total. The summed E-state index contributed by atoms with van der Waals surface area (Å²) in [5.74, 6) is -1.53. The summed E-state index contributed by atoms with van der Waals surface area (Å²) in [4.78, 5) is 28.6. The number of H-pyrrole nitrogens is 1. The molecule has 1 amide bonds. The fourth-order valence-electron chi connectivity index (χ4n) is 3.32. The zero-order valence-electron chi connectivity index (χ0n) is 12.9. The minimum atomic E-state index is -0.959. The molecule has 1 aliphatic rings. The molecule has 1 aromatic heterocycles. The van der Waals surface area contributed by atoms with Crippen LogP contribution in [0.15, 0.2) is 18.2 Å². The van der Waals surface area contributed by atoms with Crippen molar-refractivity contribution in [3.05, 3.63) is 35.3 Å². The van der Waals surface area contributed by atoms with E-state index in [1.54, 1.807) is 6.07 Å². The lowest BCUT2D eigenvalue weighted by Crippen LogP contribution is -2.48. The Morgan fingerprint density at radius 3 is 2.91 bits per heavy atom. The molecule has 2 heterocycles. The van der Waals surface area contributed by atoms with Crippen LogP contribution in [-0.2, 0) is 16.0 Å². The summed E-state index contributed by atoms with van der Waals surface area (Å²) in [6.07, 6.45) is 2.21. The molecule has 0 radical (unpaired) electrons. The van der Waals surface area contributed by atoms with Crippen LogP contribution >= 0.6 is 0 Å². The molecular formula is C17H19FN2O3. The number of hydrogen-bond donors (Lipinski definition) is 2. The Bertz CT molecular complexity index is 769. The predicted molar refractivity (Wildman–Crippen MR) is 83.7 cm³/mol. The third-order valence-electron chi connectivity index (χ3n) is 4.52. The van der Waals surface area contributed by atoms with Gasteiger partial charge in [0, 0.05) is 23.1 Å². The van der Waals surface area contributed by atoms with Crippen LogP contribution in [0.25, 0.3) is 10.9 Å². The van der Waals surface area contributed by atoms with Crippen molar-refractivity contribution < 1.29 is 19.1 Å². The largest absolute Gasteiger partial charge is 0.480 e. The molecule has 2 aromatic rings. The molecule has 1 atom stereocenters. The van der Waals surface area contributed by atoms with Gasteiger partial charge < -0.3 is 15.0 Å². The lowest BCUT2D eigenvalue weighted by atomic mass is 10.00. The van der Waals surface area contributed by atoms with Crippen molar-refractivity contribution in [1.29, 1.82) is 0 Å². The molecule has 0 spiro atoms. The standard InChI is InChI=1S/C17H19FN2O3/c1-10-12(13-8-11(18)5-6-14(13)19-10)9-16(21)20-7-3-2-4-15(20)17(22)23/h5-6,8,15,19H,2-4,7,9H2,1H3,(H,22,23)/t15-/m1/s1. The number of aryl methyl sites for hydroxylation is 1. The van der Waals surface area contributed by atoms with Gasteiger partial charge >= 0.3 is 5.97 Å². The second-order valence-electron chi connectivity index (χ2n) is 6.03. The van der Waals surface area contributed by atoms with Gasteiger partial charge in [0.15, 0.2) is 0 Å². The van der Waals surface area contributed by atoms with Crippen LogP contribution in [0.1, 0.15) is 30.5 Å². The third-order valence-corrected chi connectivity index (χ3v) is 4.52. The average Bonchev–Trinajstić information content (AvgIpc) is 2.83. The van der Waals surface area contributed by atoms with E-state index in [1.807, 2.05) is 6.92 Å². The molecule has 0 saturated carbocycles. The number of piperidine rings is 1. The van der Waals surface area contributed by atoms with E-state index in [1.165, 1.54) is 17.0 Å². The van der Waals surface area contributed by atoms with E-state index in [-0.39, 0.29) is 18.1 Å². The van der Waals surface area contributed by atoms with Crippen molar-refractivity contribution in [3.63, 3.8) is 0 Å². The van der Waals surface area contributed by atoms with Gasteiger partial charge in [-0.1, -0.05) is 0 Å². The smallest absolute Gasteiger partial charge is 0.326 e. The van der Waals surface area contributed by atoms with Crippen LogP contribution in [-0.4, -0.2) is 39.5 Å². The van der Waals surface area contributed by atoms with E-state index >= 15 is 0 Å². The van der Waals surface area contributed by atoms with E-state index in [9.17, 15) is 19.1 Å². The first-order chi connectivity index (χ1) is 11.0. The van der Waals surface area contributed by atoms with Crippen LogP contribution in [0.3, 0.4) is 0 Å². The summed E-state index contributed by atoms with van der Waals surface area (Å²) in [6, 6.07) is 3.67. The van der Waals surface area contributed by atoms with Crippen LogP contribution in [0, 0.1) is 12.7 Å². The number of carboxylic acids is 1. The number of carbonyl (C=O) groups is 2. The molecule has 1 saturated heterocycles. The fraction of sp³-hybridized carbons (Fsp3) is 0.412. The number of benzene rings is 1. The molecular weight excluding hydrogens is 299 g/mol. The Balaban J connectivity index is 1.89. The van der Waals surface area contributed by atoms with E-state index in [0.717, 1.165) is 29.6 Å². The number of aromatic nitrogens is 1. The highest BCUT2D eigenvalue weighted by Crippen LogP contribution is 2.25. The number of fused-ring (bicyclic) bond motifs is 1. The number of amides is 1. The Morgan fingerprint density at radius 1 is 1.39 bits per heavy atom. The zero-order valence-corrected chi connectivity index (χ0v) is 12.9. The van der Waals surface area contributed by atoms with E-state index in [2.05, 4.69) is 4.98 Å². The Kier molecular flexibility index (Phi) is 4.07. The number of rotatable bonds is 3. The van der Waals surface area contributed by atoms with E-state index < -0.39 is 12.0 Å². The van der Waals surface area contributed by atoms with Crippen LogP contribution in [0.5, 0.6) is 0 Å². The molecule has 6 heteroatoms. The van der Waals surface area contributed by atoms with Gasteiger partial charge in [-0.2, -0.15) is 0 Å². The Morgan fingerprint density at radius 2 is 2.17 bits per heavy atom. The molecule has 3 rings (SSSR count). The van der Waals surface area contributed by atoms with Crippen LogP contribution in [0.2, 0.25) is 0 Å². The maximum Gasteiger partial charge on any atom is 0.326 e. The van der Waals surface area contributed by atoms with Gasteiger partial charge in [0.25, 0.3) is 0 Å². The first kappa shape index (κ1) is 15.5. The molecule has 5 nitrogen and oxygen atoms in total. The number of carbonyl (C=O) groups excluding carboxylic acids is 1. The third kappa shape index (κ3) is 2.93. The van der Waals surface area contributed by atoms with Gasteiger partial charge in [-0.25, -0.2) is 9.18 Å². The van der Waals surface area contributed by atoms with Crippen molar-refractivity contribution >= 4 is 22.8 Å². The number of aliphatic carboxylic acids is 1. The monoisotopic (exact) mass is 318 g/mol. The second-order valence-corrected chi connectivity index (χ2v) is 6.03. The number of nitrogens with one attached hydrogen (secondary N) is 1. The van der Waals surface area contributed by atoms with Gasteiger partial charge in [-0.05, 0) is 49.9 Å². The van der Waals surface area contributed by atoms with Crippen molar-refractivity contribution in [1.82, 2.24) is 9.88 Å². The second kappa shape index (κ2) is 6.02. The highest BCUT2D eigenvalue weighted by molar-refractivity contribution is 5.91. The van der Waals surface area contributed by atoms with Gasteiger partial charge in [-0.15, -0.1) is 0 Å². The lowest BCUT2D eigenvalue weighted by Gasteiger charge is -2.33. The van der Waals surface area contributed by atoms with Crippen molar-refractivity contribution in [2.45, 2.75) is 38.6 Å². The number of aromatic amines is 1. The first-order valence-electron chi connectivity index (χ1n) is 7.76. The lowest BCUT2D eigenvalue weighted by molar-refractivity contribution is -0.151. The maximum absolute atomic E-state index is 13.5. The number of likely N-dealkylation sites (tertiary alicyclic amines) is 1. The number of halogens is 1. The van der Waals surface area contributed by atoms with Crippen LogP contribution in [0.4, 0.5) is 4.39 Å². The minimum absolute atomic E-state index is 0.0824. The molecule has 1 aromatic carbocycles. The van der Waals surface area contributed by atoms with Gasteiger partial charge in [0.05, 0.1) is 6.42 Å². The van der Waals surface area contributed by atoms with Crippen molar-refractivity contribution in [3.8, 4) is 0 Å². The Hall–Kier alpha value is -2.37. The quantitative estimate of drug-likeness (QED) is 0.913. The predicted octanol–water partition coefficient (Wildman–Crippen LogP) is 2.62. The van der Waals surface area contributed by atoms with E-state index in [4.69, 9.17) is 0 Å².